The molecule has 108 valence electrons. The summed E-state index contributed by atoms with van der Waals surface area (Å²) in [6, 6.07) is 0.251. The van der Waals surface area contributed by atoms with Gasteiger partial charge in [0, 0.05) is 24.4 Å². The highest BCUT2D eigenvalue weighted by molar-refractivity contribution is 7.18. The van der Waals surface area contributed by atoms with Crippen molar-refractivity contribution >= 4 is 39.5 Å². The Morgan fingerprint density at radius 3 is 2.95 bits per heavy atom. The molecule has 2 heterocycles. The van der Waals surface area contributed by atoms with Crippen molar-refractivity contribution in [2.45, 2.75) is 26.3 Å². The molecular formula is C12H17N5OS2. The minimum atomic E-state index is -0.188. The van der Waals surface area contributed by atoms with Crippen LogP contribution in [-0.2, 0) is 6.42 Å². The number of nitrogens with two attached hydrogens (primary N) is 1. The average Bonchev–Trinajstić information content (AvgIpc) is 2.98. The highest BCUT2D eigenvalue weighted by atomic mass is 32.1. The minimum Gasteiger partial charge on any atom is -0.382 e. The van der Waals surface area contributed by atoms with E-state index in [0.29, 0.717) is 23.0 Å². The second-order valence-electron chi connectivity index (χ2n) is 4.52. The molecule has 0 spiro atoms. The Morgan fingerprint density at radius 1 is 1.50 bits per heavy atom. The molecule has 0 unspecified atom stereocenters. The van der Waals surface area contributed by atoms with E-state index in [9.17, 15) is 4.79 Å². The van der Waals surface area contributed by atoms with Gasteiger partial charge in [0.25, 0.3) is 5.91 Å². The van der Waals surface area contributed by atoms with Crippen LogP contribution in [0, 0.1) is 0 Å². The van der Waals surface area contributed by atoms with E-state index in [2.05, 4.69) is 20.6 Å². The van der Waals surface area contributed by atoms with Crippen LogP contribution >= 0.6 is 22.7 Å². The van der Waals surface area contributed by atoms with Gasteiger partial charge in [-0.15, -0.1) is 11.3 Å². The number of anilines is 2. The number of amides is 1. The third-order valence-electron chi connectivity index (χ3n) is 2.42. The highest BCUT2D eigenvalue weighted by Gasteiger charge is 2.16. The lowest BCUT2D eigenvalue weighted by molar-refractivity contribution is 0.0959. The number of hydrogen-bond donors (Lipinski definition) is 3. The molecule has 8 heteroatoms. The third kappa shape index (κ3) is 3.91. The zero-order valence-electron chi connectivity index (χ0n) is 11.3. The third-order valence-corrected chi connectivity index (χ3v) is 4.06. The van der Waals surface area contributed by atoms with Gasteiger partial charge in [0.1, 0.15) is 10.7 Å². The van der Waals surface area contributed by atoms with Crippen molar-refractivity contribution in [3.8, 4) is 0 Å². The predicted molar refractivity (Wildman–Crippen MR) is 83.4 cm³/mol. The number of nitrogens with one attached hydrogen (secondary N) is 2. The first-order valence-corrected chi connectivity index (χ1v) is 8.00. The van der Waals surface area contributed by atoms with Crippen LogP contribution in [0.2, 0.25) is 0 Å². The van der Waals surface area contributed by atoms with Gasteiger partial charge in [-0.3, -0.25) is 4.79 Å². The predicted octanol–water partition coefficient (Wildman–Crippen LogP) is 1.97. The van der Waals surface area contributed by atoms with Crippen molar-refractivity contribution in [1.29, 1.82) is 0 Å². The van der Waals surface area contributed by atoms with E-state index in [1.807, 2.05) is 19.2 Å². The number of rotatable bonds is 6. The van der Waals surface area contributed by atoms with E-state index in [-0.39, 0.29) is 17.8 Å². The largest absolute Gasteiger partial charge is 0.382 e. The molecule has 6 nitrogen and oxygen atoms in total. The van der Waals surface area contributed by atoms with Crippen LogP contribution in [0.4, 0.5) is 10.9 Å². The summed E-state index contributed by atoms with van der Waals surface area (Å²) in [5.74, 6) is 0.0799. The van der Waals surface area contributed by atoms with Crippen molar-refractivity contribution in [2.75, 3.05) is 17.6 Å². The Morgan fingerprint density at radius 2 is 2.30 bits per heavy atom. The van der Waals surface area contributed by atoms with E-state index >= 15 is 0 Å². The monoisotopic (exact) mass is 311 g/mol. The first-order chi connectivity index (χ1) is 9.56. The van der Waals surface area contributed by atoms with Gasteiger partial charge in [-0.2, -0.15) is 0 Å². The van der Waals surface area contributed by atoms with Crippen molar-refractivity contribution in [3.63, 3.8) is 0 Å². The van der Waals surface area contributed by atoms with Gasteiger partial charge in [0.2, 0.25) is 0 Å². The van der Waals surface area contributed by atoms with E-state index in [0.717, 1.165) is 5.69 Å². The Kier molecular flexibility index (Phi) is 4.91. The molecule has 0 bridgehead atoms. The van der Waals surface area contributed by atoms with Gasteiger partial charge in [-0.25, -0.2) is 9.97 Å². The van der Waals surface area contributed by atoms with Crippen LogP contribution in [0.15, 0.2) is 10.9 Å². The van der Waals surface area contributed by atoms with Crippen molar-refractivity contribution in [3.05, 3.63) is 21.5 Å². The second-order valence-corrected chi connectivity index (χ2v) is 6.24. The Labute approximate surface area is 125 Å². The van der Waals surface area contributed by atoms with Crippen LogP contribution in [0.1, 0.15) is 29.2 Å². The standard InChI is InChI=1S/C12H17N5OS2/c1-7(2)16-12-17-10(13)9(20-12)11(18)14-4-3-8-5-19-6-15-8/h5-7H,3-4,13H2,1-2H3,(H,14,18)(H,16,17). The van der Waals surface area contributed by atoms with Gasteiger partial charge in [-0.05, 0) is 13.8 Å². The maximum Gasteiger partial charge on any atom is 0.265 e. The molecule has 4 N–H and O–H groups in total. The summed E-state index contributed by atoms with van der Waals surface area (Å²) in [5, 5.41) is 8.61. The molecular weight excluding hydrogens is 294 g/mol. The number of nitrogens with zero attached hydrogens (tertiary/aromatic N) is 2. The molecule has 0 aliphatic heterocycles. The average molecular weight is 311 g/mol. The maximum atomic E-state index is 12.0. The van der Waals surface area contributed by atoms with E-state index in [1.165, 1.54) is 11.3 Å². The molecule has 0 aliphatic carbocycles. The summed E-state index contributed by atoms with van der Waals surface area (Å²) >= 11 is 2.82. The molecule has 0 atom stereocenters. The number of carbonyl (C=O) groups is 1. The Bertz CT molecular complexity index is 564. The maximum absolute atomic E-state index is 12.0. The van der Waals surface area contributed by atoms with E-state index < -0.39 is 0 Å². The topological polar surface area (TPSA) is 92.9 Å². The molecule has 0 saturated carbocycles. The van der Waals surface area contributed by atoms with Gasteiger partial charge in [0.15, 0.2) is 5.13 Å². The number of nitrogen functional groups attached to an aromatic ring is 1. The summed E-state index contributed by atoms with van der Waals surface area (Å²) < 4.78 is 0. The van der Waals surface area contributed by atoms with Gasteiger partial charge in [-0.1, -0.05) is 11.3 Å². The number of aromatic nitrogens is 2. The summed E-state index contributed by atoms with van der Waals surface area (Å²) in [4.78, 5) is 20.8. The van der Waals surface area contributed by atoms with Crippen molar-refractivity contribution in [1.82, 2.24) is 15.3 Å². The van der Waals surface area contributed by atoms with Gasteiger partial charge >= 0.3 is 0 Å². The number of hydrogen-bond acceptors (Lipinski definition) is 7. The summed E-state index contributed by atoms with van der Waals surface area (Å²) in [7, 11) is 0. The van der Waals surface area contributed by atoms with E-state index in [4.69, 9.17) is 5.73 Å². The first-order valence-electron chi connectivity index (χ1n) is 6.24. The first kappa shape index (κ1) is 14.7. The van der Waals surface area contributed by atoms with Crippen LogP contribution in [0.5, 0.6) is 0 Å². The molecule has 0 saturated heterocycles. The molecule has 0 aromatic carbocycles. The van der Waals surface area contributed by atoms with Gasteiger partial charge < -0.3 is 16.4 Å². The fourth-order valence-corrected chi connectivity index (χ4v) is 3.09. The highest BCUT2D eigenvalue weighted by Crippen LogP contribution is 2.25. The molecule has 2 rings (SSSR count). The molecule has 0 radical (unpaired) electrons. The molecule has 0 fully saturated rings. The van der Waals surface area contributed by atoms with Crippen LogP contribution in [0.25, 0.3) is 0 Å². The van der Waals surface area contributed by atoms with Crippen LogP contribution in [0.3, 0.4) is 0 Å². The second kappa shape index (κ2) is 6.67. The summed E-state index contributed by atoms with van der Waals surface area (Å²) in [6.07, 6.45) is 0.713. The Hall–Kier alpha value is -1.67. The van der Waals surface area contributed by atoms with Gasteiger partial charge in [0.05, 0.1) is 11.2 Å². The Balaban J connectivity index is 1.90. The summed E-state index contributed by atoms with van der Waals surface area (Å²) in [6.45, 7) is 4.54. The molecule has 1 amide bonds. The summed E-state index contributed by atoms with van der Waals surface area (Å²) in [5.41, 5.74) is 8.53. The normalized spacial score (nSPS) is 10.8. The zero-order chi connectivity index (χ0) is 14.5. The molecule has 2 aromatic heterocycles. The van der Waals surface area contributed by atoms with E-state index in [1.54, 1.807) is 16.8 Å². The minimum absolute atomic E-state index is 0.188. The fourth-order valence-electron chi connectivity index (χ4n) is 1.55. The molecule has 20 heavy (non-hydrogen) atoms. The number of carbonyl (C=O) groups excluding carboxylic acids is 1. The van der Waals surface area contributed by atoms with Crippen LogP contribution < -0.4 is 16.4 Å². The zero-order valence-corrected chi connectivity index (χ0v) is 13.0. The SMILES string of the molecule is CC(C)Nc1nc(N)c(C(=O)NCCc2cscn2)s1. The smallest absolute Gasteiger partial charge is 0.265 e. The molecule has 0 aliphatic rings. The number of thiazole rings is 2. The fraction of sp³-hybridized carbons (Fsp3) is 0.417. The lowest BCUT2D eigenvalue weighted by atomic mass is 10.3. The van der Waals surface area contributed by atoms with Crippen molar-refractivity contribution < 1.29 is 4.79 Å². The quantitative estimate of drug-likeness (QED) is 0.758. The lowest BCUT2D eigenvalue weighted by Gasteiger charge is -2.04. The molecule has 2 aromatic rings. The van der Waals surface area contributed by atoms with Crippen molar-refractivity contribution in [2.24, 2.45) is 0 Å². The lowest BCUT2D eigenvalue weighted by Crippen LogP contribution is -2.25. The van der Waals surface area contributed by atoms with Crippen LogP contribution in [-0.4, -0.2) is 28.5 Å².